The Bertz CT molecular complexity index is 359. The maximum Gasteiger partial charge on any atom is 0.0320 e. The van der Waals surface area contributed by atoms with E-state index in [1.807, 2.05) is 12.1 Å². The number of nitrogen functional groups attached to an aromatic ring is 1. The van der Waals surface area contributed by atoms with Gasteiger partial charge in [0.2, 0.25) is 0 Å². The molecule has 0 aliphatic heterocycles. The molecule has 0 aliphatic rings. The first-order valence-electron chi connectivity index (χ1n) is 5.67. The van der Waals surface area contributed by atoms with E-state index in [2.05, 4.69) is 41.5 Å². The first-order chi connectivity index (χ1) is 7.03. The van der Waals surface area contributed by atoms with Crippen molar-refractivity contribution >= 4 is 18.3 Å². The third-order valence-electron chi connectivity index (χ3n) is 2.75. The molecule has 0 atom stereocenters. The highest BCUT2D eigenvalue weighted by molar-refractivity contribution is 7.80. The van der Waals surface area contributed by atoms with Gasteiger partial charge in [-0.05, 0) is 34.1 Å². The fourth-order valence-corrected chi connectivity index (χ4v) is 2.60. The molecular formula is C14H23NS. The molecule has 2 heteroatoms. The van der Waals surface area contributed by atoms with Gasteiger partial charge in [0.25, 0.3) is 0 Å². The molecule has 1 aromatic rings. The molecule has 0 amide bonds. The number of rotatable bonds is 0. The van der Waals surface area contributed by atoms with Crippen molar-refractivity contribution in [1.82, 2.24) is 0 Å². The van der Waals surface area contributed by atoms with Crippen molar-refractivity contribution in [3.05, 3.63) is 23.3 Å². The smallest absolute Gasteiger partial charge is 0.0320 e. The van der Waals surface area contributed by atoms with Crippen LogP contribution in [0.1, 0.15) is 52.7 Å². The monoisotopic (exact) mass is 237 g/mol. The van der Waals surface area contributed by atoms with Crippen molar-refractivity contribution in [2.45, 2.75) is 57.3 Å². The van der Waals surface area contributed by atoms with E-state index in [0.717, 1.165) is 10.6 Å². The van der Waals surface area contributed by atoms with E-state index in [1.165, 1.54) is 11.1 Å². The second-order valence-corrected chi connectivity index (χ2v) is 6.91. The number of hydrogen-bond acceptors (Lipinski definition) is 2. The van der Waals surface area contributed by atoms with Crippen molar-refractivity contribution in [2.24, 2.45) is 0 Å². The summed E-state index contributed by atoms with van der Waals surface area (Å²) in [5, 5.41) is 0. The summed E-state index contributed by atoms with van der Waals surface area (Å²) < 4.78 is 0. The topological polar surface area (TPSA) is 26.0 Å². The average molecular weight is 237 g/mol. The minimum atomic E-state index is 0.0759. The predicted molar refractivity (Wildman–Crippen MR) is 75.5 cm³/mol. The van der Waals surface area contributed by atoms with Gasteiger partial charge in [-0.3, -0.25) is 0 Å². The molecule has 0 heterocycles. The van der Waals surface area contributed by atoms with Gasteiger partial charge >= 0.3 is 0 Å². The highest BCUT2D eigenvalue weighted by Crippen LogP contribution is 2.37. The van der Waals surface area contributed by atoms with Gasteiger partial charge in [-0.2, -0.15) is 0 Å². The molecule has 1 aromatic carbocycles. The normalized spacial score (nSPS) is 12.9. The van der Waals surface area contributed by atoms with E-state index in [4.69, 9.17) is 18.4 Å². The van der Waals surface area contributed by atoms with Crippen LogP contribution in [0, 0.1) is 0 Å². The summed E-state index contributed by atoms with van der Waals surface area (Å²) in [6.45, 7) is 13.1. The van der Waals surface area contributed by atoms with Crippen molar-refractivity contribution < 1.29 is 0 Å². The first-order valence-corrected chi connectivity index (χ1v) is 6.11. The number of benzene rings is 1. The number of hydrogen-bond donors (Lipinski definition) is 2. The second kappa shape index (κ2) is 3.99. The lowest BCUT2D eigenvalue weighted by Gasteiger charge is -2.28. The fourth-order valence-electron chi connectivity index (χ4n) is 1.80. The third-order valence-corrected chi connectivity index (χ3v) is 3.23. The molecule has 2 N–H and O–H groups in total. The number of thiol groups is 1. The predicted octanol–water partition coefficient (Wildman–Crippen LogP) is 4.15. The molecule has 0 saturated carbocycles. The molecule has 0 bridgehead atoms. The van der Waals surface area contributed by atoms with Crippen LogP contribution >= 0.6 is 12.6 Å². The van der Waals surface area contributed by atoms with E-state index < -0.39 is 0 Å². The molecule has 90 valence electrons. The van der Waals surface area contributed by atoms with Gasteiger partial charge in [-0.1, -0.05) is 41.5 Å². The van der Waals surface area contributed by atoms with Crippen LogP contribution in [-0.2, 0) is 10.8 Å². The SMILES string of the molecule is CC(C)(C)c1cc(N)cc(C(C)(C)C)c1S. The van der Waals surface area contributed by atoms with Crippen LogP contribution in [0.25, 0.3) is 0 Å². The van der Waals surface area contributed by atoms with Crippen molar-refractivity contribution in [2.75, 3.05) is 5.73 Å². The van der Waals surface area contributed by atoms with Gasteiger partial charge < -0.3 is 5.73 Å². The van der Waals surface area contributed by atoms with Crippen LogP contribution in [0.4, 0.5) is 5.69 Å². The molecular weight excluding hydrogens is 214 g/mol. The van der Waals surface area contributed by atoms with Crippen LogP contribution < -0.4 is 5.73 Å². The van der Waals surface area contributed by atoms with Gasteiger partial charge in [0.05, 0.1) is 0 Å². The highest BCUT2D eigenvalue weighted by Gasteiger charge is 2.24. The van der Waals surface area contributed by atoms with Crippen LogP contribution in [0.5, 0.6) is 0 Å². The number of nitrogens with two attached hydrogens (primary N) is 1. The Kier molecular flexibility index (Phi) is 3.35. The summed E-state index contributed by atoms with van der Waals surface area (Å²) in [6, 6.07) is 4.08. The molecule has 16 heavy (non-hydrogen) atoms. The lowest BCUT2D eigenvalue weighted by atomic mass is 9.80. The van der Waals surface area contributed by atoms with Crippen LogP contribution in [-0.4, -0.2) is 0 Å². The molecule has 1 nitrogen and oxygen atoms in total. The summed E-state index contributed by atoms with van der Waals surface area (Å²) in [7, 11) is 0. The lowest BCUT2D eigenvalue weighted by molar-refractivity contribution is 0.547. The van der Waals surface area contributed by atoms with Gasteiger partial charge in [0, 0.05) is 10.6 Å². The Hall–Kier alpha value is -0.630. The summed E-state index contributed by atoms with van der Waals surface area (Å²) in [5.74, 6) is 0. The first kappa shape index (κ1) is 13.4. The molecule has 0 saturated heterocycles. The zero-order valence-electron chi connectivity index (χ0n) is 11.2. The summed E-state index contributed by atoms with van der Waals surface area (Å²) in [4.78, 5) is 1.08. The van der Waals surface area contributed by atoms with E-state index in [9.17, 15) is 0 Å². The van der Waals surface area contributed by atoms with E-state index in [-0.39, 0.29) is 10.8 Å². The van der Waals surface area contributed by atoms with Crippen LogP contribution in [0.15, 0.2) is 17.0 Å². The average Bonchev–Trinajstić information content (AvgIpc) is 2.04. The Balaban J connectivity index is 3.51. The molecule has 0 unspecified atom stereocenters. The van der Waals surface area contributed by atoms with Crippen molar-refractivity contribution in [1.29, 1.82) is 0 Å². The van der Waals surface area contributed by atoms with Crippen molar-refractivity contribution in [3.63, 3.8) is 0 Å². The van der Waals surface area contributed by atoms with Crippen LogP contribution in [0.3, 0.4) is 0 Å². The highest BCUT2D eigenvalue weighted by atomic mass is 32.1. The zero-order valence-corrected chi connectivity index (χ0v) is 12.1. The van der Waals surface area contributed by atoms with Gasteiger partial charge in [-0.15, -0.1) is 12.6 Å². The van der Waals surface area contributed by atoms with Crippen LogP contribution in [0.2, 0.25) is 0 Å². The maximum absolute atomic E-state index is 5.99. The lowest BCUT2D eigenvalue weighted by Crippen LogP contribution is -2.18. The largest absolute Gasteiger partial charge is 0.399 e. The maximum atomic E-state index is 5.99. The molecule has 0 fully saturated rings. The quantitative estimate of drug-likeness (QED) is 0.514. The van der Waals surface area contributed by atoms with Gasteiger partial charge in [0.1, 0.15) is 0 Å². The van der Waals surface area contributed by atoms with E-state index >= 15 is 0 Å². The zero-order chi connectivity index (χ0) is 12.7. The third kappa shape index (κ3) is 2.73. The minimum Gasteiger partial charge on any atom is -0.399 e. The minimum absolute atomic E-state index is 0.0759. The molecule has 0 aromatic heterocycles. The molecule has 0 aliphatic carbocycles. The van der Waals surface area contributed by atoms with Gasteiger partial charge in [0.15, 0.2) is 0 Å². The second-order valence-electron chi connectivity index (χ2n) is 6.46. The Labute approximate surface area is 105 Å². The summed E-state index contributed by atoms with van der Waals surface area (Å²) >= 11 is 4.69. The van der Waals surface area contributed by atoms with E-state index in [0.29, 0.717) is 0 Å². The van der Waals surface area contributed by atoms with Crippen molar-refractivity contribution in [3.8, 4) is 0 Å². The van der Waals surface area contributed by atoms with E-state index in [1.54, 1.807) is 0 Å². The Morgan fingerprint density at radius 1 is 0.875 bits per heavy atom. The number of anilines is 1. The molecule has 0 spiro atoms. The summed E-state index contributed by atoms with van der Waals surface area (Å²) in [6.07, 6.45) is 0. The molecule has 1 rings (SSSR count). The fraction of sp³-hybridized carbons (Fsp3) is 0.571. The standard InChI is InChI=1S/C14H23NS/c1-13(2,3)10-7-9(15)8-11(12(10)16)14(4,5)6/h7-8,16H,15H2,1-6H3. The van der Waals surface area contributed by atoms with Gasteiger partial charge in [-0.25, -0.2) is 0 Å². The Morgan fingerprint density at radius 2 is 1.19 bits per heavy atom. The summed E-state index contributed by atoms with van der Waals surface area (Å²) in [5.41, 5.74) is 9.41. The molecule has 0 radical (unpaired) electrons. The Morgan fingerprint density at radius 3 is 1.44 bits per heavy atom.